The Kier molecular flexibility index (Phi) is 2.50. The molecule has 8 heavy (non-hydrogen) atoms. The fraction of sp³-hybridized carbons (Fsp3) is 0.667. The van der Waals surface area contributed by atoms with Gasteiger partial charge in [0.1, 0.15) is 0 Å². The smallest absolute Gasteiger partial charge is 0.358 e. The Morgan fingerprint density at radius 2 is 2.25 bits per heavy atom. The lowest BCUT2D eigenvalue weighted by atomic mass is 10.4. The third kappa shape index (κ3) is 1.84. The summed E-state index contributed by atoms with van der Waals surface area (Å²) in [6.45, 7) is 0. The van der Waals surface area contributed by atoms with Gasteiger partial charge in [-0.15, -0.1) is 11.6 Å². The minimum Gasteiger partial charge on any atom is -0.478 e. The molecular formula is C3H3Cl2FO2. The fourth-order valence-electron chi connectivity index (χ4n) is 0.0572. The van der Waals surface area contributed by atoms with Crippen LogP contribution in [0.1, 0.15) is 0 Å². The number of rotatable bonds is 2. The standard InChI is InChI=1S/C3H3Cl2FO2/c4-1-3(5,6)2(7)8/h1H2,(H,7,8). The van der Waals surface area contributed by atoms with Gasteiger partial charge in [-0.25, -0.2) is 9.18 Å². The van der Waals surface area contributed by atoms with Crippen LogP contribution in [0.5, 0.6) is 0 Å². The molecule has 2 nitrogen and oxygen atoms in total. The number of carboxylic acid groups (broad SMARTS) is 1. The van der Waals surface area contributed by atoms with Gasteiger partial charge in [-0.3, -0.25) is 0 Å². The molecular weight excluding hydrogens is 158 g/mol. The van der Waals surface area contributed by atoms with Crippen LogP contribution in [-0.2, 0) is 4.79 Å². The Bertz CT molecular complexity index is 103. The van der Waals surface area contributed by atoms with Crippen LogP contribution in [-0.4, -0.2) is 22.1 Å². The number of hydrogen-bond donors (Lipinski definition) is 1. The van der Waals surface area contributed by atoms with Crippen LogP contribution in [0.4, 0.5) is 4.39 Å². The highest BCUT2D eigenvalue weighted by molar-refractivity contribution is 6.37. The molecule has 0 amide bonds. The lowest BCUT2D eigenvalue weighted by Gasteiger charge is -2.05. The first-order valence-corrected chi connectivity index (χ1v) is 2.59. The van der Waals surface area contributed by atoms with Crippen LogP contribution in [0.25, 0.3) is 0 Å². The number of carbonyl (C=O) groups is 1. The Morgan fingerprint density at radius 1 is 1.88 bits per heavy atom. The minimum absolute atomic E-state index is 0.746. The molecule has 0 spiro atoms. The zero-order valence-corrected chi connectivity index (χ0v) is 5.21. The maximum atomic E-state index is 12.0. The van der Waals surface area contributed by atoms with E-state index in [0.29, 0.717) is 0 Å². The van der Waals surface area contributed by atoms with Gasteiger partial charge in [-0.1, -0.05) is 11.6 Å². The van der Waals surface area contributed by atoms with Crippen LogP contribution in [0.2, 0.25) is 0 Å². The van der Waals surface area contributed by atoms with Gasteiger partial charge in [0.05, 0.1) is 5.88 Å². The topological polar surface area (TPSA) is 37.3 Å². The molecule has 0 heterocycles. The predicted octanol–water partition coefficient (Wildman–Crippen LogP) is 1.21. The summed E-state index contributed by atoms with van der Waals surface area (Å²) in [5.41, 5.74) is 0. The molecule has 1 unspecified atom stereocenters. The molecule has 0 aromatic carbocycles. The van der Waals surface area contributed by atoms with E-state index >= 15 is 0 Å². The lowest BCUT2D eigenvalue weighted by molar-refractivity contribution is -0.144. The molecule has 0 aliphatic heterocycles. The molecule has 0 rings (SSSR count). The van der Waals surface area contributed by atoms with Crippen LogP contribution in [0, 0.1) is 0 Å². The van der Waals surface area contributed by atoms with E-state index in [4.69, 9.17) is 16.7 Å². The maximum Gasteiger partial charge on any atom is 0.358 e. The highest BCUT2D eigenvalue weighted by atomic mass is 35.5. The highest BCUT2D eigenvalue weighted by Gasteiger charge is 2.34. The first-order valence-electron chi connectivity index (χ1n) is 1.68. The van der Waals surface area contributed by atoms with Crippen molar-refractivity contribution >= 4 is 29.2 Å². The monoisotopic (exact) mass is 160 g/mol. The molecule has 0 aliphatic rings. The second-order valence-electron chi connectivity index (χ2n) is 1.14. The maximum absolute atomic E-state index is 12.0. The Labute approximate surface area is 55.2 Å². The third-order valence-corrected chi connectivity index (χ3v) is 1.28. The molecule has 0 aromatic rings. The van der Waals surface area contributed by atoms with Gasteiger partial charge in [0, 0.05) is 0 Å². The number of alkyl halides is 3. The normalized spacial score (nSPS) is 17.4. The largest absolute Gasteiger partial charge is 0.478 e. The van der Waals surface area contributed by atoms with Crippen molar-refractivity contribution in [3.63, 3.8) is 0 Å². The summed E-state index contributed by atoms with van der Waals surface area (Å²) in [5, 5.41) is 5.05. The summed E-state index contributed by atoms with van der Waals surface area (Å²) in [4.78, 5) is 9.66. The summed E-state index contributed by atoms with van der Waals surface area (Å²) in [6, 6.07) is 0. The van der Waals surface area contributed by atoms with Gasteiger partial charge in [0.2, 0.25) is 0 Å². The zero-order valence-electron chi connectivity index (χ0n) is 3.70. The highest BCUT2D eigenvalue weighted by Crippen LogP contribution is 2.18. The van der Waals surface area contributed by atoms with Crippen LogP contribution in [0.15, 0.2) is 0 Å². The van der Waals surface area contributed by atoms with E-state index < -0.39 is 17.0 Å². The van der Waals surface area contributed by atoms with Gasteiger partial charge < -0.3 is 5.11 Å². The third-order valence-electron chi connectivity index (χ3n) is 0.481. The molecule has 1 atom stereocenters. The van der Waals surface area contributed by atoms with Crippen molar-refractivity contribution in [2.45, 2.75) is 5.13 Å². The Balaban J connectivity index is 3.91. The van der Waals surface area contributed by atoms with Crippen molar-refractivity contribution in [2.75, 3.05) is 5.88 Å². The average molecular weight is 161 g/mol. The van der Waals surface area contributed by atoms with Crippen LogP contribution < -0.4 is 0 Å². The minimum atomic E-state index is -2.80. The van der Waals surface area contributed by atoms with E-state index in [2.05, 4.69) is 11.6 Å². The van der Waals surface area contributed by atoms with Gasteiger partial charge in [0.25, 0.3) is 5.13 Å². The van der Waals surface area contributed by atoms with E-state index in [9.17, 15) is 9.18 Å². The van der Waals surface area contributed by atoms with Crippen LogP contribution in [0.3, 0.4) is 0 Å². The molecule has 0 aliphatic carbocycles. The zero-order chi connectivity index (χ0) is 6.78. The van der Waals surface area contributed by atoms with Crippen LogP contribution >= 0.6 is 23.2 Å². The summed E-state index contributed by atoms with van der Waals surface area (Å²) >= 11 is 9.46. The second-order valence-corrected chi connectivity index (χ2v) is 2.01. The summed E-state index contributed by atoms with van der Waals surface area (Å²) in [5.74, 6) is -2.50. The number of halogens is 3. The number of aliphatic carboxylic acids is 1. The second kappa shape index (κ2) is 2.51. The molecule has 0 radical (unpaired) electrons. The molecule has 5 heteroatoms. The van der Waals surface area contributed by atoms with Crippen molar-refractivity contribution in [1.29, 1.82) is 0 Å². The lowest BCUT2D eigenvalue weighted by Crippen LogP contribution is -2.28. The van der Waals surface area contributed by atoms with Crippen molar-refractivity contribution in [2.24, 2.45) is 0 Å². The molecule has 0 fully saturated rings. The van der Waals surface area contributed by atoms with Crippen molar-refractivity contribution in [3.8, 4) is 0 Å². The predicted molar refractivity (Wildman–Crippen MR) is 28.0 cm³/mol. The summed E-state index contributed by atoms with van der Waals surface area (Å²) < 4.78 is 12.0. The number of hydrogen-bond acceptors (Lipinski definition) is 1. The average Bonchev–Trinajstić information content (AvgIpc) is 1.67. The van der Waals surface area contributed by atoms with E-state index in [1.807, 2.05) is 0 Å². The molecule has 0 aromatic heterocycles. The fourth-order valence-corrected chi connectivity index (χ4v) is 0.171. The van der Waals surface area contributed by atoms with Crippen molar-refractivity contribution in [3.05, 3.63) is 0 Å². The number of carboxylic acids is 1. The molecule has 48 valence electrons. The summed E-state index contributed by atoms with van der Waals surface area (Å²) in [7, 11) is 0. The SMILES string of the molecule is O=C(O)C(F)(Cl)CCl. The molecule has 0 saturated heterocycles. The van der Waals surface area contributed by atoms with E-state index in [1.54, 1.807) is 0 Å². The van der Waals surface area contributed by atoms with Crippen molar-refractivity contribution < 1.29 is 14.3 Å². The van der Waals surface area contributed by atoms with Gasteiger partial charge in [-0.2, -0.15) is 0 Å². The first kappa shape index (κ1) is 7.98. The van der Waals surface area contributed by atoms with Gasteiger partial charge in [0.15, 0.2) is 0 Å². The van der Waals surface area contributed by atoms with Gasteiger partial charge in [-0.05, 0) is 0 Å². The Morgan fingerprint density at radius 3 is 2.25 bits per heavy atom. The molecule has 0 bridgehead atoms. The van der Waals surface area contributed by atoms with Gasteiger partial charge >= 0.3 is 5.97 Å². The van der Waals surface area contributed by atoms with E-state index in [-0.39, 0.29) is 0 Å². The Hall–Kier alpha value is -0.0200. The van der Waals surface area contributed by atoms with Crippen molar-refractivity contribution in [1.82, 2.24) is 0 Å². The summed E-state index contributed by atoms with van der Waals surface area (Å²) in [6.07, 6.45) is 0. The molecule has 0 saturated carbocycles. The first-order chi connectivity index (χ1) is 3.50. The van der Waals surface area contributed by atoms with E-state index in [0.717, 1.165) is 0 Å². The molecule has 1 N–H and O–H groups in total. The quantitative estimate of drug-likeness (QED) is 0.618. The van der Waals surface area contributed by atoms with E-state index in [1.165, 1.54) is 0 Å².